The lowest BCUT2D eigenvalue weighted by molar-refractivity contribution is -0.134. The Labute approximate surface area is 215 Å². The quantitative estimate of drug-likeness (QED) is 0.403. The maximum atomic E-state index is 13.0. The number of rotatable bonds is 8. The van der Waals surface area contributed by atoms with E-state index in [1.54, 1.807) is 11.8 Å². The highest BCUT2D eigenvalue weighted by Crippen LogP contribution is 2.59. The molecule has 3 aliphatic carbocycles. The summed E-state index contributed by atoms with van der Waals surface area (Å²) in [7, 11) is 0. The summed E-state index contributed by atoms with van der Waals surface area (Å²) in [6.07, 6.45) is 6.90. The van der Waals surface area contributed by atoms with Crippen LogP contribution in [-0.4, -0.2) is 78.7 Å². The van der Waals surface area contributed by atoms with Crippen molar-refractivity contribution < 1.29 is 9.59 Å². The molecule has 192 valence electrons. The summed E-state index contributed by atoms with van der Waals surface area (Å²) in [5.41, 5.74) is 2.68. The maximum Gasteiger partial charge on any atom is 0.321 e. The van der Waals surface area contributed by atoms with Crippen molar-refractivity contribution in [3.05, 3.63) is 35.9 Å². The first kappa shape index (κ1) is 26.1. The summed E-state index contributed by atoms with van der Waals surface area (Å²) in [4.78, 5) is 33.3. The zero-order valence-electron chi connectivity index (χ0n) is 22.0. The van der Waals surface area contributed by atoms with Gasteiger partial charge < -0.3 is 15.1 Å². The van der Waals surface area contributed by atoms with Gasteiger partial charge in [0.1, 0.15) is 0 Å². The number of amides is 3. The lowest BCUT2D eigenvalue weighted by Crippen LogP contribution is -2.53. The van der Waals surface area contributed by atoms with Gasteiger partial charge in [0.25, 0.3) is 0 Å². The number of benzene rings is 1. The van der Waals surface area contributed by atoms with Crippen LogP contribution >= 0.6 is 11.8 Å². The van der Waals surface area contributed by atoms with E-state index in [-0.39, 0.29) is 17.9 Å². The molecule has 1 heterocycles. The summed E-state index contributed by atoms with van der Waals surface area (Å²) < 4.78 is 0. The number of hydrogen-bond donors (Lipinski definition) is 1. The Kier molecular flexibility index (Phi) is 8.16. The van der Waals surface area contributed by atoms with E-state index in [2.05, 4.69) is 35.0 Å². The van der Waals surface area contributed by atoms with Crippen molar-refractivity contribution in [1.82, 2.24) is 14.7 Å². The fraction of sp³-hybridized carbons (Fsp3) is 0.643. The molecule has 1 aliphatic heterocycles. The van der Waals surface area contributed by atoms with Gasteiger partial charge in [0.05, 0.1) is 0 Å². The van der Waals surface area contributed by atoms with Crippen LogP contribution in [0, 0.1) is 23.2 Å². The molecule has 2 unspecified atom stereocenters. The highest BCUT2D eigenvalue weighted by molar-refractivity contribution is 7.98. The predicted octanol–water partition coefficient (Wildman–Crippen LogP) is 5.04. The molecular formula is C28H42N4O2S. The molecule has 1 saturated carbocycles. The largest absolute Gasteiger partial charge is 0.337 e. The molecule has 5 rings (SSSR count). The van der Waals surface area contributed by atoms with Crippen LogP contribution in [-0.2, 0) is 4.79 Å². The molecule has 1 aromatic rings. The standard InChI is InChI=1S/C28H42N4O2S/c1-20(2)26(33)32(19-21-6-7-22-18-25(21)28(22,3)4)17-14-30-12-15-31(16-13-30)27(34)29-23-8-10-24(35-5)11-9-23/h6,8-11,20,22,25H,7,12-19H2,1-5H3,(H,29,34). The monoisotopic (exact) mass is 498 g/mol. The minimum atomic E-state index is -0.0381. The Morgan fingerprint density at radius 2 is 1.83 bits per heavy atom. The van der Waals surface area contributed by atoms with Crippen molar-refractivity contribution in [2.75, 3.05) is 57.4 Å². The molecule has 0 radical (unpaired) electrons. The fourth-order valence-corrected chi connectivity index (χ4v) is 6.23. The van der Waals surface area contributed by atoms with Crippen LogP contribution in [0.2, 0.25) is 0 Å². The molecular weight excluding hydrogens is 456 g/mol. The minimum absolute atomic E-state index is 0.00636. The van der Waals surface area contributed by atoms with E-state index >= 15 is 0 Å². The fourth-order valence-electron chi connectivity index (χ4n) is 5.82. The van der Waals surface area contributed by atoms with Gasteiger partial charge >= 0.3 is 6.03 Å². The summed E-state index contributed by atoms with van der Waals surface area (Å²) in [6.45, 7) is 14.2. The zero-order chi connectivity index (χ0) is 25.2. The van der Waals surface area contributed by atoms with Gasteiger partial charge in [0.15, 0.2) is 0 Å². The van der Waals surface area contributed by atoms with Crippen molar-refractivity contribution >= 4 is 29.4 Å². The van der Waals surface area contributed by atoms with E-state index in [1.807, 2.05) is 49.3 Å². The predicted molar refractivity (Wildman–Crippen MR) is 145 cm³/mol. The molecule has 1 saturated heterocycles. The average Bonchev–Trinajstić information content (AvgIpc) is 2.86. The van der Waals surface area contributed by atoms with Gasteiger partial charge in [-0.05, 0) is 60.6 Å². The van der Waals surface area contributed by atoms with Crippen molar-refractivity contribution in [3.63, 3.8) is 0 Å². The molecule has 0 spiro atoms. The number of piperazine rings is 1. The van der Waals surface area contributed by atoms with Crippen molar-refractivity contribution in [2.24, 2.45) is 23.2 Å². The van der Waals surface area contributed by atoms with E-state index < -0.39 is 0 Å². The highest BCUT2D eigenvalue weighted by Gasteiger charge is 2.51. The summed E-state index contributed by atoms with van der Waals surface area (Å²) in [6, 6.07) is 7.91. The number of fused-ring (bicyclic) bond motifs is 1. The Morgan fingerprint density at radius 1 is 1.14 bits per heavy atom. The third-order valence-electron chi connectivity index (χ3n) is 8.45. The highest BCUT2D eigenvalue weighted by atomic mass is 32.2. The SMILES string of the molecule is CSc1ccc(NC(=O)N2CCN(CCN(CC3=CCC4CC3C4(C)C)C(=O)C(C)C)CC2)cc1. The molecule has 2 fully saturated rings. The molecule has 6 nitrogen and oxygen atoms in total. The third-order valence-corrected chi connectivity index (χ3v) is 9.19. The van der Waals surface area contributed by atoms with Crippen molar-refractivity contribution in [1.29, 1.82) is 0 Å². The normalized spacial score (nSPS) is 23.5. The van der Waals surface area contributed by atoms with Crippen LogP contribution in [0.1, 0.15) is 40.5 Å². The molecule has 35 heavy (non-hydrogen) atoms. The van der Waals surface area contributed by atoms with Gasteiger partial charge in [0, 0.05) is 62.3 Å². The lowest BCUT2D eigenvalue weighted by atomic mass is 9.49. The number of allylic oxidation sites excluding steroid dienone is 1. The van der Waals surface area contributed by atoms with Crippen molar-refractivity contribution in [3.8, 4) is 0 Å². The first-order valence-corrected chi connectivity index (χ1v) is 14.3. The summed E-state index contributed by atoms with van der Waals surface area (Å²) in [5.74, 6) is 1.69. The van der Waals surface area contributed by atoms with Gasteiger partial charge in [-0.15, -0.1) is 11.8 Å². The Morgan fingerprint density at radius 3 is 2.40 bits per heavy atom. The number of thioether (sulfide) groups is 1. The van der Waals surface area contributed by atoms with Gasteiger partial charge in [-0.3, -0.25) is 9.69 Å². The Hall–Kier alpha value is -1.99. The molecule has 2 bridgehead atoms. The molecule has 1 aromatic carbocycles. The molecule has 2 atom stereocenters. The average molecular weight is 499 g/mol. The first-order chi connectivity index (χ1) is 16.7. The smallest absolute Gasteiger partial charge is 0.321 e. The Bertz CT molecular complexity index is 935. The number of anilines is 1. The Balaban J connectivity index is 1.26. The first-order valence-electron chi connectivity index (χ1n) is 13.1. The summed E-state index contributed by atoms with van der Waals surface area (Å²) in [5, 5.41) is 3.02. The second kappa shape index (κ2) is 11.0. The molecule has 3 amide bonds. The van der Waals surface area contributed by atoms with Crippen molar-refractivity contribution in [2.45, 2.75) is 45.4 Å². The van der Waals surface area contributed by atoms with Crippen LogP contribution in [0.25, 0.3) is 0 Å². The zero-order valence-corrected chi connectivity index (χ0v) is 22.9. The van der Waals surface area contributed by atoms with Gasteiger partial charge in [-0.25, -0.2) is 4.79 Å². The third kappa shape index (κ3) is 5.88. The minimum Gasteiger partial charge on any atom is -0.337 e. The van der Waals surface area contributed by atoms with Gasteiger partial charge in [-0.2, -0.15) is 0 Å². The topological polar surface area (TPSA) is 55.9 Å². The number of hydrogen-bond acceptors (Lipinski definition) is 4. The van der Waals surface area contributed by atoms with Crippen LogP contribution < -0.4 is 5.32 Å². The number of urea groups is 1. The number of carbonyl (C=O) groups is 2. The second-order valence-corrected chi connectivity index (χ2v) is 12.1. The van der Waals surface area contributed by atoms with E-state index in [4.69, 9.17) is 0 Å². The van der Waals surface area contributed by atoms with E-state index in [0.29, 0.717) is 24.4 Å². The lowest BCUT2D eigenvalue weighted by Gasteiger charge is -2.57. The molecule has 7 heteroatoms. The number of carbonyl (C=O) groups excluding carboxylic acids is 2. The molecule has 0 aromatic heterocycles. The van der Waals surface area contributed by atoms with Crippen LogP contribution in [0.3, 0.4) is 0 Å². The van der Waals surface area contributed by atoms with E-state index in [9.17, 15) is 9.59 Å². The maximum absolute atomic E-state index is 13.0. The van der Waals surface area contributed by atoms with Crippen LogP contribution in [0.4, 0.5) is 10.5 Å². The van der Waals surface area contributed by atoms with Gasteiger partial charge in [0.2, 0.25) is 5.91 Å². The summed E-state index contributed by atoms with van der Waals surface area (Å²) >= 11 is 1.69. The molecule has 4 aliphatic rings. The van der Waals surface area contributed by atoms with Crippen LogP contribution in [0.5, 0.6) is 0 Å². The number of nitrogens with one attached hydrogen (secondary N) is 1. The van der Waals surface area contributed by atoms with E-state index in [1.165, 1.54) is 16.9 Å². The number of nitrogens with zero attached hydrogens (tertiary/aromatic N) is 3. The van der Waals surface area contributed by atoms with Crippen LogP contribution in [0.15, 0.2) is 40.8 Å². The molecule has 1 N–H and O–H groups in total. The van der Waals surface area contributed by atoms with E-state index in [0.717, 1.165) is 50.7 Å². The second-order valence-electron chi connectivity index (χ2n) is 11.2. The van der Waals surface area contributed by atoms with Gasteiger partial charge in [-0.1, -0.05) is 39.3 Å².